The number of aromatic nitrogens is 5. The van der Waals surface area contributed by atoms with Crippen LogP contribution in [0.2, 0.25) is 5.02 Å². The second kappa shape index (κ2) is 12.2. The van der Waals surface area contributed by atoms with Gasteiger partial charge in [-0.2, -0.15) is 5.10 Å². The number of ether oxygens (including phenoxy) is 2. The van der Waals surface area contributed by atoms with Crippen molar-refractivity contribution >= 4 is 23.7 Å². The maximum atomic E-state index is 12.9. The average molecular weight is 571 g/mol. The highest BCUT2D eigenvalue weighted by atomic mass is 35.5. The van der Waals surface area contributed by atoms with E-state index in [-0.39, 0.29) is 30.2 Å². The molecule has 2 heterocycles. The van der Waals surface area contributed by atoms with Crippen LogP contribution in [0.4, 0.5) is 4.79 Å². The van der Waals surface area contributed by atoms with Crippen molar-refractivity contribution in [3.8, 4) is 11.4 Å². The van der Waals surface area contributed by atoms with Crippen LogP contribution in [-0.2, 0) is 26.2 Å². The van der Waals surface area contributed by atoms with Crippen LogP contribution in [0.15, 0.2) is 47.4 Å². The SMILES string of the molecule is CCOC(=O)Cn1cc(-c2ccc(=O)n(C3CCC(CNC(=O)OC(C)(C)C)(c4cccc(Cl)c4)CC3)n2)nn1. The van der Waals surface area contributed by atoms with Crippen molar-refractivity contribution in [1.29, 1.82) is 0 Å². The van der Waals surface area contributed by atoms with E-state index in [0.717, 1.165) is 5.56 Å². The largest absolute Gasteiger partial charge is 0.465 e. The number of alkyl carbamates (subject to hydrolysis) is 1. The van der Waals surface area contributed by atoms with Gasteiger partial charge in [-0.1, -0.05) is 28.9 Å². The summed E-state index contributed by atoms with van der Waals surface area (Å²) in [6.45, 7) is 7.80. The minimum atomic E-state index is -0.604. The summed E-state index contributed by atoms with van der Waals surface area (Å²) in [6, 6.07) is 10.6. The fourth-order valence-electron chi connectivity index (χ4n) is 5.00. The van der Waals surface area contributed by atoms with Crippen LogP contribution >= 0.6 is 11.6 Å². The fourth-order valence-corrected chi connectivity index (χ4v) is 5.19. The van der Waals surface area contributed by atoms with Crippen molar-refractivity contribution in [2.24, 2.45) is 0 Å². The third-order valence-corrected chi connectivity index (χ3v) is 7.12. The molecule has 1 N–H and O–H groups in total. The number of hydrogen-bond donors (Lipinski definition) is 1. The van der Waals surface area contributed by atoms with Crippen molar-refractivity contribution in [2.45, 2.75) is 77.0 Å². The van der Waals surface area contributed by atoms with Gasteiger partial charge in [-0.15, -0.1) is 5.10 Å². The van der Waals surface area contributed by atoms with Gasteiger partial charge in [0.1, 0.15) is 23.5 Å². The molecule has 214 valence electrons. The zero-order valence-corrected chi connectivity index (χ0v) is 24.0. The van der Waals surface area contributed by atoms with Crippen LogP contribution in [0.3, 0.4) is 0 Å². The molecule has 0 aliphatic heterocycles. The van der Waals surface area contributed by atoms with E-state index in [0.29, 0.717) is 48.6 Å². The van der Waals surface area contributed by atoms with Gasteiger partial charge in [-0.25, -0.2) is 14.2 Å². The van der Waals surface area contributed by atoms with Gasteiger partial charge in [0, 0.05) is 23.0 Å². The van der Waals surface area contributed by atoms with Gasteiger partial charge in [0.05, 0.1) is 18.8 Å². The molecule has 1 aliphatic carbocycles. The predicted molar refractivity (Wildman–Crippen MR) is 149 cm³/mol. The van der Waals surface area contributed by atoms with Gasteiger partial charge in [-0.05, 0) is 77.1 Å². The molecule has 0 atom stereocenters. The Morgan fingerprint density at radius 2 is 1.90 bits per heavy atom. The molecule has 1 aliphatic rings. The highest BCUT2D eigenvalue weighted by Crippen LogP contribution is 2.43. The molecule has 40 heavy (non-hydrogen) atoms. The van der Waals surface area contributed by atoms with E-state index in [2.05, 4.69) is 20.7 Å². The Hall–Kier alpha value is -3.73. The zero-order valence-electron chi connectivity index (χ0n) is 23.2. The molecule has 0 unspecified atom stereocenters. The van der Waals surface area contributed by atoms with E-state index in [1.54, 1.807) is 19.2 Å². The van der Waals surface area contributed by atoms with E-state index in [4.69, 9.17) is 21.1 Å². The number of hydrogen-bond acceptors (Lipinski definition) is 8. The average Bonchev–Trinajstić information content (AvgIpc) is 3.35. The quantitative estimate of drug-likeness (QED) is 0.397. The number of amides is 1. The van der Waals surface area contributed by atoms with E-state index < -0.39 is 17.7 Å². The lowest BCUT2D eigenvalue weighted by Crippen LogP contribution is -2.45. The van der Waals surface area contributed by atoms with Crippen LogP contribution in [0.25, 0.3) is 11.4 Å². The topological polar surface area (TPSA) is 130 Å². The summed E-state index contributed by atoms with van der Waals surface area (Å²) in [5.74, 6) is -0.413. The first-order valence-corrected chi connectivity index (χ1v) is 13.7. The summed E-state index contributed by atoms with van der Waals surface area (Å²) in [6.07, 6.45) is 3.84. The number of esters is 1. The van der Waals surface area contributed by atoms with Crippen molar-refractivity contribution < 1.29 is 19.1 Å². The first-order valence-electron chi connectivity index (χ1n) is 13.4. The van der Waals surface area contributed by atoms with Crippen molar-refractivity contribution in [3.63, 3.8) is 0 Å². The summed E-state index contributed by atoms with van der Waals surface area (Å²) in [4.78, 5) is 37.1. The lowest BCUT2D eigenvalue weighted by Gasteiger charge is -2.41. The van der Waals surface area contributed by atoms with E-state index in [1.807, 2.05) is 45.0 Å². The molecule has 1 saturated carbocycles. The Morgan fingerprint density at radius 3 is 2.58 bits per heavy atom. The number of halogens is 1. The van der Waals surface area contributed by atoms with E-state index in [1.165, 1.54) is 15.4 Å². The molecule has 1 aromatic carbocycles. The standard InChI is InChI=1S/C28H35ClN6O5/c1-5-39-25(37)17-34-16-23(31-33-34)22-9-10-24(36)35(32-22)21-11-13-28(14-12-21,19-7-6-8-20(29)15-19)18-30-26(38)40-27(2,3)4/h6-10,15-16,21H,5,11-14,17-18H2,1-4H3,(H,30,38). The van der Waals surface area contributed by atoms with Gasteiger partial charge >= 0.3 is 12.1 Å². The molecule has 1 fully saturated rings. The highest BCUT2D eigenvalue weighted by Gasteiger charge is 2.39. The Kier molecular flexibility index (Phi) is 8.92. The van der Waals surface area contributed by atoms with Gasteiger partial charge in [-0.3, -0.25) is 9.59 Å². The Bertz CT molecular complexity index is 1400. The van der Waals surface area contributed by atoms with Crippen LogP contribution in [0.5, 0.6) is 0 Å². The molecule has 3 aromatic rings. The third kappa shape index (κ3) is 7.26. The number of nitrogens with one attached hydrogen (secondary N) is 1. The molecule has 4 rings (SSSR count). The van der Waals surface area contributed by atoms with Gasteiger partial charge in [0.25, 0.3) is 5.56 Å². The first-order chi connectivity index (χ1) is 19.0. The van der Waals surface area contributed by atoms with Crippen LogP contribution < -0.4 is 10.9 Å². The highest BCUT2D eigenvalue weighted by molar-refractivity contribution is 6.30. The van der Waals surface area contributed by atoms with Crippen LogP contribution in [0, 0.1) is 0 Å². The van der Waals surface area contributed by atoms with Gasteiger partial charge in [0.15, 0.2) is 0 Å². The molecule has 0 spiro atoms. The third-order valence-electron chi connectivity index (χ3n) is 6.89. The molecule has 0 saturated heterocycles. The van der Waals surface area contributed by atoms with E-state index >= 15 is 0 Å². The summed E-state index contributed by atoms with van der Waals surface area (Å²) in [7, 11) is 0. The van der Waals surface area contributed by atoms with Gasteiger partial charge < -0.3 is 14.8 Å². The number of carbonyl (C=O) groups is 2. The molecule has 2 aromatic heterocycles. The van der Waals surface area contributed by atoms with E-state index in [9.17, 15) is 14.4 Å². The predicted octanol–water partition coefficient (Wildman–Crippen LogP) is 4.30. The molecule has 1 amide bonds. The van der Waals surface area contributed by atoms with Crippen molar-refractivity contribution in [3.05, 3.63) is 63.5 Å². The summed E-state index contributed by atoms with van der Waals surface area (Å²) in [5.41, 5.74) is 0.760. The smallest absolute Gasteiger partial charge is 0.407 e. The summed E-state index contributed by atoms with van der Waals surface area (Å²) in [5, 5.41) is 16.3. The number of rotatable bonds is 8. The number of carbonyl (C=O) groups excluding carboxylic acids is 2. The second-order valence-electron chi connectivity index (χ2n) is 11.0. The molecule has 11 nitrogen and oxygen atoms in total. The summed E-state index contributed by atoms with van der Waals surface area (Å²) >= 11 is 6.34. The normalized spacial score (nSPS) is 19.2. The molecule has 12 heteroatoms. The maximum Gasteiger partial charge on any atom is 0.407 e. The lowest BCUT2D eigenvalue weighted by molar-refractivity contribution is -0.144. The molecule has 0 radical (unpaired) electrons. The molecular weight excluding hydrogens is 536 g/mol. The van der Waals surface area contributed by atoms with Gasteiger partial charge in [0.2, 0.25) is 0 Å². The fraction of sp³-hybridized carbons (Fsp3) is 0.500. The second-order valence-corrected chi connectivity index (χ2v) is 11.4. The van der Waals surface area contributed by atoms with Crippen molar-refractivity contribution in [1.82, 2.24) is 30.1 Å². The molecular formula is C28H35ClN6O5. The minimum absolute atomic E-state index is 0.0635. The zero-order chi connectivity index (χ0) is 28.9. The van der Waals surface area contributed by atoms with Crippen LogP contribution in [-0.4, -0.2) is 55.6 Å². The van der Waals surface area contributed by atoms with Crippen LogP contribution in [0.1, 0.15) is 65.0 Å². The summed E-state index contributed by atoms with van der Waals surface area (Å²) < 4.78 is 13.3. The molecule has 0 bridgehead atoms. The van der Waals surface area contributed by atoms with Crippen molar-refractivity contribution in [2.75, 3.05) is 13.2 Å². The minimum Gasteiger partial charge on any atom is -0.465 e. The monoisotopic (exact) mass is 570 g/mol. The number of nitrogens with zero attached hydrogens (tertiary/aromatic N) is 5. The maximum absolute atomic E-state index is 12.9. The Balaban J connectivity index is 1.52. The Labute approximate surface area is 237 Å². The number of benzene rings is 1. The first kappa shape index (κ1) is 29.3. The lowest BCUT2D eigenvalue weighted by atomic mass is 9.68. The Morgan fingerprint density at radius 1 is 1.15 bits per heavy atom.